The Bertz CT molecular complexity index is 698. The highest BCUT2D eigenvalue weighted by atomic mass is 79.9. The Morgan fingerprint density at radius 2 is 1.85 bits per heavy atom. The molecule has 1 aromatic carbocycles. The molecule has 0 spiro atoms. The van der Waals surface area contributed by atoms with Crippen molar-refractivity contribution in [2.75, 3.05) is 0 Å². The van der Waals surface area contributed by atoms with E-state index in [0.29, 0.717) is 4.47 Å². The fourth-order valence-electron chi connectivity index (χ4n) is 1.32. The molecule has 104 valence electrons. The van der Waals surface area contributed by atoms with Crippen molar-refractivity contribution in [2.45, 2.75) is 0 Å². The summed E-state index contributed by atoms with van der Waals surface area (Å²) in [7, 11) is 0. The van der Waals surface area contributed by atoms with Crippen molar-refractivity contribution in [1.29, 1.82) is 0 Å². The summed E-state index contributed by atoms with van der Waals surface area (Å²) in [5.41, 5.74) is -0.295. The minimum absolute atomic E-state index is 0.0417. The lowest BCUT2D eigenvalue weighted by Crippen LogP contribution is -1.95. The van der Waals surface area contributed by atoms with Crippen LogP contribution >= 0.6 is 55.1 Å². The molecule has 0 atom stereocenters. The van der Waals surface area contributed by atoms with Crippen LogP contribution in [0.15, 0.2) is 33.3 Å². The van der Waals surface area contributed by atoms with Crippen LogP contribution in [0.2, 0.25) is 10.0 Å². The molecular weight excluding hydrogens is 439 g/mol. The van der Waals surface area contributed by atoms with Crippen molar-refractivity contribution in [3.05, 3.63) is 53.5 Å². The highest BCUT2D eigenvalue weighted by Gasteiger charge is 2.20. The van der Waals surface area contributed by atoms with Crippen molar-refractivity contribution in [2.24, 2.45) is 0 Å². The van der Waals surface area contributed by atoms with E-state index >= 15 is 0 Å². The molecule has 5 nitrogen and oxygen atoms in total. The van der Waals surface area contributed by atoms with Crippen LogP contribution in [0.4, 0.5) is 5.69 Å². The largest absolute Gasteiger partial charge is 0.431 e. The second-order valence-corrected chi connectivity index (χ2v) is 6.12. The molecule has 9 heteroatoms. The summed E-state index contributed by atoms with van der Waals surface area (Å²) in [6.07, 6.45) is 1.50. The zero-order valence-corrected chi connectivity index (χ0v) is 14.1. The maximum absolute atomic E-state index is 11.0. The number of hydrogen-bond donors (Lipinski definition) is 0. The van der Waals surface area contributed by atoms with Gasteiger partial charge in [0.2, 0.25) is 11.6 Å². The van der Waals surface area contributed by atoms with Crippen molar-refractivity contribution in [3.63, 3.8) is 0 Å². The normalized spacial score (nSPS) is 10.4. The third-order valence-corrected chi connectivity index (χ3v) is 3.90. The van der Waals surface area contributed by atoms with Crippen LogP contribution in [0.3, 0.4) is 0 Å². The first-order valence-electron chi connectivity index (χ1n) is 5.01. The van der Waals surface area contributed by atoms with Gasteiger partial charge in [0.05, 0.1) is 19.4 Å². The van der Waals surface area contributed by atoms with E-state index in [9.17, 15) is 10.1 Å². The summed E-state index contributed by atoms with van der Waals surface area (Å²) in [6, 6.07) is 4.11. The Morgan fingerprint density at radius 1 is 1.20 bits per heavy atom. The van der Waals surface area contributed by atoms with E-state index in [0.717, 1.165) is 10.5 Å². The van der Waals surface area contributed by atoms with E-state index in [1.807, 2.05) is 0 Å². The fourth-order valence-corrected chi connectivity index (χ4v) is 2.70. The van der Waals surface area contributed by atoms with Crippen molar-refractivity contribution < 1.29 is 9.66 Å². The molecule has 0 saturated heterocycles. The number of hydrogen-bond acceptors (Lipinski definition) is 4. The van der Waals surface area contributed by atoms with Gasteiger partial charge in [-0.25, -0.2) is 4.98 Å². The number of rotatable bonds is 3. The Balaban J connectivity index is 2.47. The van der Waals surface area contributed by atoms with Gasteiger partial charge in [-0.05, 0) is 37.9 Å². The molecule has 0 fully saturated rings. The van der Waals surface area contributed by atoms with Crippen LogP contribution in [0.5, 0.6) is 11.6 Å². The first-order chi connectivity index (χ1) is 9.38. The van der Waals surface area contributed by atoms with E-state index in [1.54, 1.807) is 6.07 Å². The fraction of sp³-hybridized carbons (Fsp3) is 0. The van der Waals surface area contributed by atoms with Gasteiger partial charge in [-0.15, -0.1) is 0 Å². The Labute approximate surface area is 140 Å². The predicted octanol–water partition coefficient (Wildman–Crippen LogP) is 5.61. The monoisotopic (exact) mass is 440 g/mol. The highest BCUT2D eigenvalue weighted by Crippen LogP contribution is 2.39. The number of ether oxygens (including phenoxy) is 1. The van der Waals surface area contributed by atoms with Gasteiger partial charge in [0.1, 0.15) is 0 Å². The molecule has 0 aliphatic rings. The summed E-state index contributed by atoms with van der Waals surface area (Å²) >= 11 is 18.1. The summed E-state index contributed by atoms with van der Waals surface area (Å²) in [5, 5.41) is 11.2. The molecule has 0 unspecified atom stereocenters. The van der Waals surface area contributed by atoms with Gasteiger partial charge in [0.25, 0.3) is 0 Å². The third-order valence-electron chi connectivity index (χ3n) is 2.18. The van der Waals surface area contributed by atoms with E-state index < -0.39 is 4.92 Å². The number of aromatic nitrogens is 1. The highest BCUT2D eigenvalue weighted by molar-refractivity contribution is 9.11. The summed E-state index contributed by atoms with van der Waals surface area (Å²) in [6.45, 7) is 0. The zero-order chi connectivity index (χ0) is 14.9. The van der Waals surface area contributed by atoms with Crippen molar-refractivity contribution in [3.8, 4) is 11.6 Å². The molecule has 0 N–H and O–H groups in total. The summed E-state index contributed by atoms with van der Waals surface area (Å²) in [5.74, 6) is 0.134. The van der Waals surface area contributed by atoms with Crippen molar-refractivity contribution in [1.82, 2.24) is 4.98 Å². The average molecular weight is 443 g/mol. The number of pyridine rings is 1. The van der Waals surface area contributed by atoms with Gasteiger partial charge in [-0.2, -0.15) is 0 Å². The second kappa shape index (κ2) is 6.26. The number of nitro benzene ring substituents is 1. The van der Waals surface area contributed by atoms with Crippen LogP contribution < -0.4 is 4.74 Å². The lowest BCUT2D eigenvalue weighted by molar-refractivity contribution is -0.385. The molecule has 2 rings (SSSR count). The van der Waals surface area contributed by atoms with Gasteiger partial charge in [-0.3, -0.25) is 10.1 Å². The van der Waals surface area contributed by atoms with Crippen LogP contribution in [-0.4, -0.2) is 9.91 Å². The summed E-state index contributed by atoms with van der Waals surface area (Å²) in [4.78, 5) is 14.4. The number of nitro groups is 1. The van der Waals surface area contributed by atoms with Crippen LogP contribution in [0.1, 0.15) is 0 Å². The van der Waals surface area contributed by atoms with E-state index in [1.165, 1.54) is 12.3 Å². The average Bonchev–Trinajstić information content (AvgIpc) is 2.36. The topological polar surface area (TPSA) is 65.3 Å². The molecule has 20 heavy (non-hydrogen) atoms. The third kappa shape index (κ3) is 3.41. The van der Waals surface area contributed by atoms with Gasteiger partial charge in [0, 0.05) is 22.8 Å². The first-order valence-corrected chi connectivity index (χ1v) is 7.35. The number of halogens is 4. The minimum Gasteiger partial charge on any atom is -0.431 e. The standard InChI is InChI=1S/C11H4Br2Cl2N2O3/c12-5-1-6(13)11(16-4-5)20-10-3-8(15)7(14)2-9(10)17(18)19/h1-4H. The van der Waals surface area contributed by atoms with E-state index in [4.69, 9.17) is 27.9 Å². The van der Waals surface area contributed by atoms with Gasteiger partial charge in [0.15, 0.2) is 0 Å². The quantitative estimate of drug-likeness (QED) is 0.457. The molecule has 0 aliphatic heterocycles. The molecule has 0 radical (unpaired) electrons. The molecule has 1 aromatic heterocycles. The van der Waals surface area contributed by atoms with E-state index in [2.05, 4.69) is 36.8 Å². The predicted molar refractivity (Wildman–Crippen MR) is 82.8 cm³/mol. The first kappa shape index (κ1) is 15.5. The molecule has 1 heterocycles. The van der Waals surface area contributed by atoms with E-state index in [-0.39, 0.29) is 27.4 Å². The van der Waals surface area contributed by atoms with Gasteiger partial charge in [-0.1, -0.05) is 23.2 Å². The Kier molecular flexibility index (Phi) is 4.85. The molecule has 2 aromatic rings. The lowest BCUT2D eigenvalue weighted by atomic mass is 10.3. The Hall–Kier alpha value is -0.890. The maximum Gasteiger partial charge on any atom is 0.313 e. The van der Waals surface area contributed by atoms with Gasteiger partial charge >= 0.3 is 5.69 Å². The second-order valence-electron chi connectivity index (χ2n) is 3.53. The summed E-state index contributed by atoms with van der Waals surface area (Å²) < 4.78 is 6.70. The molecule has 0 bridgehead atoms. The number of benzene rings is 1. The van der Waals surface area contributed by atoms with Crippen molar-refractivity contribution >= 4 is 60.7 Å². The van der Waals surface area contributed by atoms with Crippen LogP contribution in [0, 0.1) is 10.1 Å². The molecule has 0 amide bonds. The van der Waals surface area contributed by atoms with Crippen LogP contribution in [0.25, 0.3) is 0 Å². The Morgan fingerprint density at radius 3 is 2.45 bits per heavy atom. The molecule has 0 aliphatic carbocycles. The minimum atomic E-state index is -0.607. The lowest BCUT2D eigenvalue weighted by Gasteiger charge is -2.08. The van der Waals surface area contributed by atoms with Gasteiger partial charge < -0.3 is 4.74 Å². The molecular formula is C11H4Br2Cl2N2O3. The van der Waals surface area contributed by atoms with Crippen LogP contribution in [-0.2, 0) is 0 Å². The molecule has 0 saturated carbocycles. The smallest absolute Gasteiger partial charge is 0.313 e. The zero-order valence-electron chi connectivity index (χ0n) is 9.44. The maximum atomic E-state index is 11.0. The number of nitrogens with zero attached hydrogens (tertiary/aromatic N) is 2. The SMILES string of the molecule is O=[N+]([O-])c1cc(Cl)c(Cl)cc1Oc1ncc(Br)cc1Br.